The molecule has 0 fully saturated rings. The Balaban J connectivity index is 2.57. The van der Waals surface area contributed by atoms with Crippen LogP contribution in [0.1, 0.15) is 0 Å². The van der Waals surface area contributed by atoms with Crippen molar-refractivity contribution in [2.75, 3.05) is 0 Å². The predicted octanol–water partition coefficient (Wildman–Crippen LogP) is 2.19. The molecule has 0 atom stereocenters. The topological polar surface area (TPSA) is 37.5 Å². The molecule has 1 N–H and O–H groups in total. The molecule has 0 spiro atoms. The molecule has 0 unspecified atom stereocenters. The highest BCUT2D eigenvalue weighted by Gasteiger charge is 2.00. The summed E-state index contributed by atoms with van der Waals surface area (Å²) in [4.78, 5) is 4.26. The highest BCUT2D eigenvalue weighted by atomic mass is 16.3. The fraction of sp³-hybridized carbons (Fsp3) is 0. The fourth-order valence-electron chi connectivity index (χ4n) is 1.67. The van der Waals surface area contributed by atoms with Gasteiger partial charge < -0.3 is 9.51 Å². The van der Waals surface area contributed by atoms with Gasteiger partial charge in [-0.05, 0) is 24.3 Å². The van der Waals surface area contributed by atoms with Crippen LogP contribution in [0.25, 0.3) is 16.6 Å². The van der Waals surface area contributed by atoms with Crippen molar-refractivity contribution >= 4 is 16.6 Å². The molecule has 0 saturated heterocycles. The molecule has 0 bridgehead atoms. The second-order valence-corrected chi connectivity index (χ2v) is 3.23. The highest BCUT2D eigenvalue weighted by molar-refractivity contribution is 5.79. The Morgan fingerprint density at radius 3 is 3.07 bits per heavy atom. The number of rotatable bonds is 0. The third-order valence-corrected chi connectivity index (χ3v) is 2.33. The zero-order valence-corrected chi connectivity index (χ0v) is 7.38. The molecule has 0 aliphatic rings. The molecular weight excluding hydrogens is 176 g/mol. The van der Waals surface area contributed by atoms with Crippen molar-refractivity contribution in [1.82, 2.24) is 9.38 Å². The van der Waals surface area contributed by atoms with Gasteiger partial charge in [-0.1, -0.05) is 0 Å². The number of hydrogen-bond acceptors (Lipinski definition) is 2. The molecule has 0 aliphatic carbocycles. The first-order valence-corrected chi connectivity index (χ1v) is 4.39. The van der Waals surface area contributed by atoms with Gasteiger partial charge in [-0.3, -0.25) is 4.98 Å². The van der Waals surface area contributed by atoms with Crippen molar-refractivity contribution < 1.29 is 5.11 Å². The third-order valence-electron chi connectivity index (χ3n) is 2.33. The van der Waals surface area contributed by atoms with Gasteiger partial charge in [0.1, 0.15) is 5.75 Å². The van der Waals surface area contributed by atoms with Crippen molar-refractivity contribution in [2.24, 2.45) is 0 Å². The number of nitrogens with zero attached hydrogens (tertiary/aromatic N) is 2. The number of benzene rings is 1. The van der Waals surface area contributed by atoms with Crippen molar-refractivity contribution in [3.05, 3.63) is 42.7 Å². The number of fused-ring (bicyclic) bond motifs is 3. The second kappa shape index (κ2) is 2.48. The van der Waals surface area contributed by atoms with Crippen LogP contribution in [0.2, 0.25) is 0 Å². The Kier molecular flexibility index (Phi) is 1.31. The Morgan fingerprint density at radius 1 is 1.21 bits per heavy atom. The third kappa shape index (κ3) is 0.893. The van der Waals surface area contributed by atoms with Gasteiger partial charge in [0.2, 0.25) is 0 Å². The molecule has 0 radical (unpaired) electrons. The normalized spacial score (nSPS) is 11.1. The molecule has 3 rings (SSSR count). The van der Waals surface area contributed by atoms with Crippen LogP contribution in [0.5, 0.6) is 5.75 Å². The lowest BCUT2D eigenvalue weighted by atomic mass is 10.3. The van der Waals surface area contributed by atoms with Gasteiger partial charge in [0.25, 0.3) is 0 Å². The minimum atomic E-state index is 0.247. The molecular formula is C11H8N2O. The SMILES string of the molecule is Oc1ccc2c(c1)ncc1cccn12. The van der Waals surface area contributed by atoms with Crippen LogP contribution in [0.3, 0.4) is 0 Å². The van der Waals surface area contributed by atoms with E-state index in [1.807, 2.05) is 28.8 Å². The molecule has 14 heavy (non-hydrogen) atoms. The van der Waals surface area contributed by atoms with E-state index in [0.717, 1.165) is 16.6 Å². The van der Waals surface area contributed by atoms with E-state index >= 15 is 0 Å². The summed E-state index contributed by atoms with van der Waals surface area (Å²) in [5.41, 5.74) is 2.86. The van der Waals surface area contributed by atoms with Crippen LogP contribution in [-0.2, 0) is 0 Å². The summed E-state index contributed by atoms with van der Waals surface area (Å²) >= 11 is 0. The van der Waals surface area contributed by atoms with Crippen molar-refractivity contribution in [2.45, 2.75) is 0 Å². The zero-order valence-electron chi connectivity index (χ0n) is 7.38. The summed E-state index contributed by atoms with van der Waals surface area (Å²) in [5, 5.41) is 9.30. The summed E-state index contributed by atoms with van der Waals surface area (Å²) < 4.78 is 2.04. The van der Waals surface area contributed by atoms with E-state index in [9.17, 15) is 5.11 Å². The summed E-state index contributed by atoms with van der Waals surface area (Å²) in [7, 11) is 0. The van der Waals surface area contributed by atoms with Crippen LogP contribution in [-0.4, -0.2) is 14.5 Å². The van der Waals surface area contributed by atoms with E-state index in [2.05, 4.69) is 4.98 Å². The van der Waals surface area contributed by atoms with Crippen LogP contribution in [0, 0.1) is 0 Å². The maximum atomic E-state index is 9.30. The maximum absolute atomic E-state index is 9.30. The van der Waals surface area contributed by atoms with Crippen molar-refractivity contribution in [1.29, 1.82) is 0 Å². The molecule has 2 aromatic heterocycles. The summed E-state index contributed by atoms with van der Waals surface area (Å²) in [6, 6.07) is 9.17. The molecule has 68 valence electrons. The molecule has 3 nitrogen and oxygen atoms in total. The Morgan fingerprint density at radius 2 is 2.14 bits per heavy atom. The average molecular weight is 184 g/mol. The summed E-state index contributed by atoms with van der Waals surface area (Å²) in [6.45, 7) is 0. The predicted molar refractivity (Wildman–Crippen MR) is 54.4 cm³/mol. The quantitative estimate of drug-likeness (QED) is 0.581. The fourth-order valence-corrected chi connectivity index (χ4v) is 1.67. The minimum Gasteiger partial charge on any atom is -0.508 e. The lowest BCUT2D eigenvalue weighted by Gasteiger charge is -2.01. The molecule has 2 heterocycles. The molecule has 0 saturated carbocycles. The monoisotopic (exact) mass is 184 g/mol. The van der Waals surface area contributed by atoms with Crippen LogP contribution >= 0.6 is 0 Å². The molecule has 3 aromatic rings. The summed E-state index contributed by atoms with van der Waals surface area (Å²) in [6.07, 6.45) is 3.78. The number of phenols is 1. The zero-order chi connectivity index (χ0) is 9.54. The Bertz CT molecular complexity index is 613. The number of aromatic nitrogens is 2. The lowest BCUT2D eigenvalue weighted by Crippen LogP contribution is -1.88. The van der Waals surface area contributed by atoms with E-state index in [1.165, 1.54) is 0 Å². The van der Waals surface area contributed by atoms with E-state index in [-0.39, 0.29) is 5.75 Å². The van der Waals surface area contributed by atoms with Crippen LogP contribution < -0.4 is 0 Å². The van der Waals surface area contributed by atoms with E-state index in [4.69, 9.17) is 0 Å². The molecule has 0 amide bonds. The average Bonchev–Trinajstić information content (AvgIpc) is 2.65. The molecule has 0 aliphatic heterocycles. The lowest BCUT2D eigenvalue weighted by molar-refractivity contribution is 0.476. The Hall–Kier alpha value is -2.03. The van der Waals surface area contributed by atoms with Gasteiger partial charge in [-0.2, -0.15) is 0 Å². The van der Waals surface area contributed by atoms with Gasteiger partial charge in [0.05, 0.1) is 22.7 Å². The standard InChI is InChI=1S/C11H8N2O/c14-9-3-4-11-10(6-9)12-7-8-2-1-5-13(8)11/h1-7,14H. The highest BCUT2D eigenvalue weighted by Crippen LogP contribution is 2.19. The van der Waals surface area contributed by atoms with E-state index < -0.39 is 0 Å². The first kappa shape index (κ1) is 7.38. The number of hydrogen-bond donors (Lipinski definition) is 1. The van der Waals surface area contributed by atoms with E-state index in [1.54, 1.807) is 18.3 Å². The Labute approximate surface area is 80.2 Å². The first-order valence-electron chi connectivity index (χ1n) is 4.39. The van der Waals surface area contributed by atoms with E-state index in [0.29, 0.717) is 0 Å². The molecule has 3 heteroatoms. The largest absolute Gasteiger partial charge is 0.508 e. The molecule has 1 aromatic carbocycles. The van der Waals surface area contributed by atoms with Crippen LogP contribution in [0.4, 0.5) is 0 Å². The van der Waals surface area contributed by atoms with Gasteiger partial charge in [0, 0.05) is 12.3 Å². The summed E-state index contributed by atoms with van der Waals surface area (Å²) in [5.74, 6) is 0.247. The number of phenolic OH excluding ortho intramolecular Hbond substituents is 1. The first-order chi connectivity index (χ1) is 6.84. The van der Waals surface area contributed by atoms with Crippen molar-refractivity contribution in [3.63, 3.8) is 0 Å². The van der Waals surface area contributed by atoms with Gasteiger partial charge in [-0.15, -0.1) is 0 Å². The van der Waals surface area contributed by atoms with Crippen molar-refractivity contribution in [3.8, 4) is 5.75 Å². The van der Waals surface area contributed by atoms with Gasteiger partial charge in [0.15, 0.2) is 0 Å². The smallest absolute Gasteiger partial charge is 0.117 e. The minimum absolute atomic E-state index is 0.247. The second-order valence-electron chi connectivity index (χ2n) is 3.23. The van der Waals surface area contributed by atoms with Gasteiger partial charge in [-0.25, -0.2) is 0 Å². The number of aromatic hydroxyl groups is 1. The van der Waals surface area contributed by atoms with Gasteiger partial charge >= 0.3 is 0 Å². The maximum Gasteiger partial charge on any atom is 0.117 e. The van der Waals surface area contributed by atoms with Crippen LogP contribution in [0.15, 0.2) is 42.7 Å².